The molecular weight excluding hydrogens is 192 g/mol. The van der Waals surface area contributed by atoms with Crippen LogP contribution in [-0.4, -0.2) is 23.3 Å². The van der Waals surface area contributed by atoms with Gasteiger partial charge in [-0.15, -0.1) is 0 Å². The Bertz CT molecular complexity index is 251. The van der Waals surface area contributed by atoms with Gasteiger partial charge in [0, 0.05) is 0 Å². The maximum Gasteiger partial charge on any atom is 0.314 e. The second-order valence-electron chi connectivity index (χ2n) is 4.77. The lowest BCUT2D eigenvalue weighted by Crippen LogP contribution is -2.50. The molecule has 1 saturated carbocycles. The van der Waals surface area contributed by atoms with Crippen molar-refractivity contribution >= 4 is 5.97 Å². The van der Waals surface area contributed by atoms with Crippen LogP contribution in [0.2, 0.25) is 0 Å². The maximum absolute atomic E-state index is 11.9. The highest BCUT2D eigenvalue weighted by Gasteiger charge is 2.59. The molecule has 1 aliphatic rings. The minimum absolute atomic E-state index is 0.164. The van der Waals surface area contributed by atoms with E-state index in [4.69, 9.17) is 4.74 Å². The third-order valence-corrected chi connectivity index (χ3v) is 4.11. The number of carbonyl (C=O) groups is 1. The lowest BCUT2D eigenvalue weighted by atomic mass is 9.71. The molecule has 1 aliphatic carbocycles. The summed E-state index contributed by atoms with van der Waals surface area (Å²) >= 11 is 0. The van der Waals surface area contributed by atoms with E-state index in [9.17, 15) is 9.90 Å². The van der Waals surface area contributed by atoms with Crippen molar-refractivity contribution in [3.8, 4) is 0 Å². The van der Waals surface area contributed by atoms with E-state index < -0.39 is 11.0 Å². The Balaban J connectivity index is 2.97. The van der Waals surface area contributed by atoms with Crippen LogP contribution < -0.4 is 0 Å². The molecule has 88 valence electrons. The van der Waals surface area contributed by atoms with E-state index in [0.29, 0.717) is 13.0 Å². The van der Waals surface area contributed by atoms with Crippen molar-refractivity contribution in [2.24, 2.45) is 11.3 Å². The third-order valence-electron chi connectivity index (χ3n) is 4.11. The van der Waals surface area contributed by atoms with Crippen LogP contribution in [0.25, 0.3) is 0 Å². The fourth-order valence-corrected chi connectivity index (χ4v) is 2.81. The van der Waals surface area contributed by atoms with Crippen molar-refractivity contribution in [3.63, 3.8) is 0 Å². The average Bonchev–Trinajstić information content (AvgIpc) is 2.45. The van der Waals surface area contributed by atoms with E-state index in [1.165, 1.54) is 0 Å². The average molecular weight is 214 g/mol. The highest BCUT2D eigenvalue weighted by Crippen LogP contribution is 2.52. The lowest BCUT2D eigenvalue weighted by molar-refractivity contribution is -0.172. The molecule has 1 fully saturated rings. The maximum atomic E-state index is 11.9. The molecule has 0 unspecified atom stereocenters. The largest absolute Gasteiger partial charge is 0.465 e. The van der Waals surface area contributed by atoms with Gasteiger partial charge in [0.25, 0.3) is 0 Å². The summed E-state index contributed by atoms with van der Waals surface area (Å²) < 4.78 is 5.08. The summed E-state index contributed by atoms with van der Waals surface area (Å²) in [6, 6.07) is 0. The SMILES string of the molecule is CCOC(=O)[C@@]1(C)CC[C@H](C)[C@]1(O)CC. The molecule has 0 radical (unpaired) electrons. The van der Waals surface area contributed by atoms with Crippen LogP contribution in [0, 0.1) is 11.3 Å². The number of rotatable bonds is 3. The summed E-state index contributed by atoms with van der Waals surface area (Å²) in [6.07, 6.45) is 2.21. The number of hydrogen-bond donors (Lipinski definition) is 1. The minimum atomic E-state index is -0.904. The van der Waals surface area contributed by atoms with E-state index in [0.717, 1.165) is 12.8 Å². The summed E-state index contributed by atoms with van der Waals surface area (Å²) in [4.78, 5) is 11.9. The van der Waals surface area contributed by atoms with Crippen molar-refractivity contribution < 1.29 is 14.6 Å². The van der Waals surface area contributed by atoms with Crippen molar-refractivity contribution in [1.29, 1.82) is 0 Å². The van der Waals surface area contributed by atoms with Crippen molar-refractivity contribution in [1.82, 2.24) is 0 Å². The third kappa shape index (κ3) is 1.67. The molecule has 3 atom stereocenters. The van der Waals surface area contributed by atoms with Gasteiger partial charge in [-0.05, 0) is 39.0 Å². The Hall–Kier alpha value is -0.570. The van der Waals surface area contributed by atoms with Gasteiger partial charge in [-0.2, -0.15) is 0 Å². The molecule has 15 heavy (non-hydrogen) atoms. The molecular formula is C12H22O3. The Morgan fingerprint density at radius 2 is 2.13 bits per heavy atom. The molecule has 0 bridgehead atoms. The number of esters is 1. The fraction of sp³-hybridized carbons (Fsp3) is 0.917. The van der Waals surface area contributed by atoms with Crippen molar-refractivity contribution in [2.45, 2.75) is 52.6 Å². The summed E-state index contributed by atoms with van der Waals surface area (Å²) in [7, 11) is 0. The molecule has 1 N–H and O–H groups in total. The van der Waals surface area contributed by atoms with Crippen LogP contribution in [0.5, 0.6) is 0 Å². The molecule has 0 aliphatic heterocycles. The Morgan fingerprint density at radius 1 is 1.53 bits per heavy atom. The van der Waals surface area contributed by atoms with Crippen LogP contribution in [0.3, 0.4) is 0 Å². The molecule has 0 spiro atoms. The number of carbonyl (C=O) groups excluding carboxylic acids is 1. The van der Waals surface area contributed by atoms with Gasteiger partial charge in [0.1, 0.15) is 0 Å². The molecule has 3 heteroatoms. The zero-order valence-electron chi connectivity index (χ0n) is 10.2. The first-order chi connectivity index (χ1) is 6.92. The molecule has 0 aromatic carbocycles. The molecule has 0 aromatic rings. The predicted molar refractivity (Wildman–Crippen MR) is 58.4 cm³/mol. The first kappa shape index (κ1) is 12.5. The second-order valence-corrected chi connectivity index (χ2v) is 4.77. The van der Waals surface area contributed by atoms with Gasteiger partial charge in [0.2, 0.25) is 0 Å². The fourth-order valence-electron chi connectivity index (χ4n) is 2.81. The Labute approximate surface area is 91.8 Å². The van der Waals surface area contributed by atoms with Gasteiger partial charge in [0.05, 0.1) is 17.6 Å². The predicted octanol–water partition coefficient (Wildman–Crippen LogP) is 2.13. The zero-order chi connectivity index (χ0) is 11.7. The van der Waals surface area contributed by atoms with Crippen LogP contribution in [-0.2, 0) is 9.53 Å². The molecule has 0 heterocycles. The number of ether oxygens (including phenoxy) is 1. The second kappa shape index (κ2) is 4.12. The van der Waals surface area contributed by atoms with E-state index in [1.54, 1.807) is 6.92 Å². The molecule has 0 aromatic heterocycles. The number of aliphatic hydroxyl groups is 1. The highest BCUT2D eigenvalue weighted by molar-refractivity contribution is 5.78. The molecule has 0 amide bonds. The summed E-state index contributed by atoms with van der Waals surface area (Å²) in [5, 5.41) is 10.6. The Kier molecular flexibility index (Phi) is 3.44. The standard InChI is InChI=1S/C12H22O3/c1-5-12(14)9(3)7-8-11(12,4)10(13)15-6-2/h9,14H,5-8H2,1-4H3/t9-,11+,12+/m0/s1. The Morgan fingerprint density at radius 3 is 2.60 bits per heavy atom. The lowest BCUT2D eigenvalue weighted by Gasteiger charge is -2.39. The topological polar surface area (TPSA) is 46.5 Å². The van der Waals surface area contributed by atoms with Crippen molar-refractivity contribution in [2.75, 3.05) is 6.61 Å². The van der Waals surface area contributed by atoms with Gasteiger partial charge in [0.15, 0.2) is 0 Å². The van der Waals surface area contributed by atoms with Gasteiger partial charge in [-0.25, -0.2) is 0 Å². The van der Waals surface area contributed by atoms with Crippen molar-refractivity contribution in [3.05, 3.63) is 0 Å². The summed E-state index contributed by atoms with van der Waals surface area (Å²) in [5.41, 5.74) is -1.63. The summed E-state index contributed by atoms with van der Waals surface area (Å²) in [5.74, 6) is -0.0874. The van der Waals surface area contributed by atoms with Crippen LogP contribution >= 0.6 is 0 Å². The quantitative estimate of drug-likeness (QED) is 0.732. The van der Waals surface area contributed by atoms with E-state index in [1.807, 2.05) is 20.8 Å². The minimum Gasteiger partial charge on any atom is -0.465 e. The zero-order valence-corrected chi connectivity index (χ0v) is 10.2. The van der Waals surface area contributed by atoms with Gasteiger partial charge < -0.3 is 9.84 Å². The molecule has 0 saturated heterocycles. The monoisotopic (exact) mass is 214 g/mol. The van der Waals surface area contributed by atoms with Crippen LogP contribution in [0.15, 0.2) is 0 Å². The van der Waals surface area contributed by atoms with E-state index >= 15 is 0 Å². The molecule has 1 rings (SSSR count). The van der Waals surface area contributed by atoms with E-state index in [-0.39, 0.29) is 11.9 Å². The molecule has 3 nitrogen and oxygen atoms in total. The first-order valence-electron chi connectivity index (χ1n) is 5.82. The first-order valence-corrected chi connectivity index (χ1v) is 5.82. The van der Waals surface area contributed by atoms with Gasteiger partial charge in [-0.3, -0.25) is 4.79 Å². The van der Waals surface area contributed by atoms with Crippen LogP contribution in [0.4, 0.5) is 0 Å². The summed E-state index contributed by atoms with van der Waals surface area (Å²) in [6.45, 7) is 7.94. The van der Waals surface area contributed by atoms with Crippen LogP contribution in [0.1, 0.15) is 47.0 Å². The van der Waals surface area contributed by atoms with Gasteiger partial charge >= 0.3 is 5.97 Å². The normalized spacial score (nSPS) is 40.5. The number of hydrogen-bond acceptors (Lipinski definition) is 3. The van der Waals surface area contributed by atoms with E-state index in [2.05, 4.69) is 0 Å². The highest BCUT2D eigenvalue weighted by atomic mass is 16.5. The van der Waals surface area contributed by atoms with Gasteiger partial charge in [-0.1, -0.05) is 13.8 Å². The smallest absolute Gasteiger partial charge is 0.314 e.